The molecule has 1 heterocycles. The van der Waals surface area contributed by atoms with Gasteiger partial charge in [-0.05, 0) is 12.2 Å². The van der Waals surface area contributed by atoms with E-state index < -0.39 is 0 Å². The Morgan fingerprint density at radius 3 is 2.27 bits per heavy atom. The zero-order chi connectivity index (χ0) is 7.90. The monoisotopic (exact) mass is 149 g/mol. The third kappa shape index (κ3) is 0.888. The largest absolute Gasteiger partial charge is 0.343 e. The van der Waals surface area contributed by atoms with E-state index in [9.17, 15) is 9.59 Å². The lowest BCUT2D eigenvalue weighted by molar-refractivity contribution is -0.129. The Morgan fingerprint density at radius 2 is 1.82 bits per heavy atom. The number of amides is 1. The zero-order valence-electron chi connectivity index (χ0n) is 5.83. The molecule has 0 unspecified atom stereocenters. The third-order valence-corrected chi connectivity index (χ3v) is 1.92. The van der Waals surface area contributed by atoms with Gasteiger partial charge in [0.25, 0.3) is 0 Å². The SMILES string of the molecule is O=C1C=CC2(C=C1)CC(=O)N2. The lowest BCUT2D eigenvalue weighted by Gasteiger charge is -2.38. The maximum absolute atomic E-state index is 10.7. The van der Waals surface area contributed by atoms with Gasteiger partial charge in [-0.15, -0.1) is 0 Å². The molecule has 1 saturated heterocycles. The molecule has 11 heavy (non-hydrogen) atoms. The van der Waals surface area contributed by atoms with Crippen molar-refractivity contribution in [3.63, 3.8) is 0 Å². The van der Waals surface area contributed by atoms with Gasteiger partial charge >= 0.3 is 0 Å². The highest BCUT2D eigenvalue weighted by atomic mass is 16.2. The fourth-order valence-electron chi connectivity index (χ4n) is 1.28. The summed E-state index contributed by atoms with van der Waals surface area (Å²) in [6.45, 7) is 0. The molecule has 0 aromatic heterocycles. The van der Waals surface area contributed by atoms with Crippen LogP contribution in [-0.4, -0.2) is 17.2 Å². The first kappa shape index (κ1) is 6.34. The highest BCUT2D eigenvalue weighted by Crippen LogP contribution is 2.25. The summed E-state index contributed by atoms with van der Waals surface area (Å²) in [7, 11) is 0. The lowest BCUT2D eigenvalue weighted by atomic mass is 9.83. The normalized spacial score (nSPS) is 25.1. The second kappa shape index (κ2) is 1.81. The van der Waals surface area contributed by atoms with E-state index in [0.717, 1.165) is 0 Å². The fourth-order valence-corrected chi connectivity index (χ4v) is 1.28. The minimum Gasteiger partial charge on any atom is -0.343 e. The standard InChI is InChI=1S/C8H7NO2/c10-6-1-3-8(4-2-6)5-7(11)9-8/h1-4H,5H2,(H,9,11). The Morgan fingerprint density at radius 1 is 1.27 bits per heavy atom. The summed E-state index contributed by atoms with van der Waals surface area (Å²) in [4.78, 5) is 21.3. The van der Waals surface area contributed by atoms with E-state index in [-0.39, 0.29) is 17.2 Å². The summed E-state index contributed by atoms with van der Waals surface area (Å²) in [6, 6.07) is 0. The van der Waals surface area contributed by atoms with Crippen molar-refractivity contribution >= 4 is 11.7 Å². The second-order valence-electron chi connectivity index (χ2n) is 2.83. The summed E-state index contributed by atoms with van der Waals surface area (Å²) in [5.41, 5.74) is -0.328. The minimum absolute atomic E-state index is 0.0169. The van der Waals surface area contributed by atoms with Crippen LogP contribution < -0.4 is 5.32 Å². The molecule has 56 valence electrons. The van der Waals surface area contributed by atoms with Gasteiger partial charge < -0.3 is 5.32 Å². The van der Waals surface area contributed by atoms with Crippen molar-refractivity contribution in [2.45, 2.75) is 12.0 Å². The zero-order valence-corrected chi connectivity index (χ0v) is 5.83. The molecule has 1 aliphatic carbocycles. The van der Waals surface area contributed by atoms with E-state index in [2.05, 4.69) is 5.32 Å². The molecule has 2 rings (SSSR count). The predicted octanol–water partition coefficient (Wildman–Crippen LogP) is -0.0598. The molecule has 2 aliphatic rings. The topological polar surface area (TPSA) is 46.2 Å². The highest BCUT2D eigenvalue weighted by molar-refractivity contribution is 6.02. The van der Waals surface area contributed by atoms with Crippen LogP contribution in [0.25, 0.3) is 0 Å². The van der Waals surface area contributed by atoms with Crippen LogP contribution in [0.2, 0.25) is 0 Å². The molecule has 0 aromatic rings. The Bertz CT molecular complexity index is 262. The molecular formula is C8H7NO2. The number of hydrogen-bond donors (Lipinski definition) is 1. The van der Waals surface area contributed by atoms with Gasteiger partial charge in [-0.1, -0.05) is 12.2 Å². The van der Waals surface area contributed by atoms with Crippen LogP contribution in [-0.2, 0) is 9.59 Å². The second-order valence-corrected chi connectivity index (χ2v) is 2.83. The van der Waals surface area contributed by atoms with Crippen LogP contribution >= 0.6 is 0 Å². The number of carbonyl (C=O) groups is 2. The van der Waals surface area contributed by atoms with Crippen LogP contribution in [0, 0.1) is 0 Å². The van der Waals surface area contributed by atoms with Crippen LogP contribution in [0.1, 0.15) is 6.42 Å². The molecule has 0 aromatic carbocycles. The van der Waals surface area contributed by atoms with Crippen LogP contribution in [0.3, 0.4) is 0 Å². The van der Waals surface area contributed by atoms with Crippen molar-refractivity contribution in [1.29, 1.82) is 0 Å². The number of hydrogen-bond acceptors (Lipinski definition) is 2. The van der Waals surface area contributed by atoms with E-state index in [1.165, 1.54) is 12.2 Å². The molecule has 1 amide bonds. The van der Waals surface area contributed by atoms with Gasteiger partial charge in [0.05, 0.1) is 12.0 Å². The van der Waals surface area contributed by atoms with Gasteiger partial charge in [0.1, 0.15) is 0 Å². The van der Waals surface area contributed by atoms with Gasteiger partial charge in [0.15, 0.2) is 5.78 Å². The molecule has 1 aliphatic heterocycles. The quantitative estimate of drug-likeness (QED) is 0.490. The van der Waals surface area contributed by atoms with Gasteiger partial charge in [-0.25, -0.2) is 0 Å². The Hall–Kier alpha value is -1.38. The van der Waals surface area contributed by atoms with Crippen molar-refractivity contribution in [1.82, 2.24) is 5.32 Å². The smallest absolute Gasteiger partial charge is 0.223 e. The number of carbonyl (C=O) groups excluding carboxylic acids is 2. The Labute approximate surface area is 63.8 Å². The molecule has 3 nitrogen and oxygen atoms in total. The van der Waals surface area contributed by atoms with Gasteiger partial charge in [0, 0.05) is 0 Å². The van der Waals surface area contributed by atoms with Crippen molar-refractivity contribution in [2.24, 2.45) is 0 Å². The maximum atomic E-state index is 10.7. The van der Waals surface area contributed by atoms with Crippen LogP contribution in [0.4, 0.5) is 0 Å². The van der Waals surface area contributed by atoms with Gasteiger partial charge in [0.2, 0.25) is 5.91 Å². The lowest BCUT2D eigenvalue weighted by Crippen LogP contribution is -2.59. The molecular weight excluding hydrogens is 142 g/mol. The van der Waals surface area contributed by atoms with Gasteiger partial charge in [-0.2, -0.15) is 0 Å². The fraction of sp³-hybridized carbons (Fsp3) is 0.250. The summed E-state index contributed by atoms with van der Waals surface area (Å²) >= 11 is 0. The maximum Gasteiger partial charge on any atom is 0.223 e. The molecule has 1 spiro atoms. The first-order valence-corrected chi connectivity index (χ1v) is 3.44. The van der Waals surface area contributed by atoms with E-state index in [1.54, 1.807) is 12.2 Å². The Kier molecular flexibility index (Phi) is 1.04. The number of nitrogens with one attached hydrogen (secondary N) is 1. The van der Waals surface area contributed by atoms with Crippen molar-refractivity contribution < 1.29 is 9.59 Å². The highest BCUT2D eigenvalue weighted by Gasteiger charge is 2.39. The predicted molar refractivity (Wildman–Crippen MR) is 38.8 cm³/mol. The first-order chi connectivity index (χ1) is 5.20. The van der Waals surface area contributed by atoms with Crippen LogP contribution in [0.5, 0.6) is 0 Å². The van der Waals surface area contributed by atoms with Crippen LogP contribution in [0.15, 0.2) is 24.3 Å². The summed E-state index contributed by atoms with van der Waals surface area (Å²) in [5.74, 6) is 0.0189. The number of allylic oxidation sites excluding steroid dienone is 2. The first-order valence-electron chi connectivity index (χ1n) is 3.44. The van der Waals surface area contributed by atoms with E-state index in [1.807, 2.05) is 0 Å². The van der Waals surface area contributed by atoms with Gasteiger partial charge in [-0.3, -0.25) is 9.59 Å². The minimum atomic E-state index is -0.328. The molecule has 1 fully saturated rings. The molecule has 0 radical (unpaired) electrons. The van der Waals surface area contributed by atoms with E-state index in [0.29, 0.717) is 6.42 Å². The number of ketones is 1. The molecule has 1 N–H and O–H groups in total. The summed E-state index contributed by atoms with van der Waals surface area (Å²) in [5, 5.41) is 2.71. The average molecular weight is 149 g/mol. The van der Waals surface area contributed by atoms with E-state index >= 15 is 0 Å². The molecule has 0 bridgehead atoms. The third-order valence-electron chi connectivity index (χ3n) is 1.92. The van der Waals surface area contributed by atoms with Crippen molar-refractivity contribution in [3.05, 3.63) is 24.3 Å². The number of β-lactam (4-membered cyclic amide) rings is 1. The number of rotatable bonds is 0. The van der Waals surface area contributed by atoms with Crippen molar-refractivity contribution in [3.8, 4) is 0 Å². The summed E-state index contributed by atoms with van der Waals surface area (Å²) in [6.07, 6.45) is 6.90. The summed E-state index contributed by atoms with van der Waals surface area (Å²) < 4.78 is 0. The molecule has 3 heteroatoms. The average Bonchev–Trinajstić information content (AvgIpc) is 1.92. The molecule has 0 saturated carbocycles. The molecule has 0 atom stereocenters. The Balaban J connectivity index is 2.20. The van der Waals surface area contributed by atoms with Crippen molar-refractivity contribution in [2.75, 3.05) is 0 Å². The van der Waals surface area contributed by atoms with E-state index in [4.69, 9.17) is 0 Å².